The van der Waals surface area contributed by atoms with Crippen LogP contribution >= 0.6 is 0 Å². The lowest BCUT2D eigenvalue weighted by Crippen LogP contribution is -2.37. The second-order valence-corrected chi connectivity index (χ2v) is 9.52. The molecule has 1 saturated heterocycles. The number of rotatable bonds is 5. The molecule has 0 aliphatic carbocycles. The summed E-state index contributed by atoms with van der Waals surface area (Å²) >= 11 is 0. The van der Waals surface area contributed by atoms with Crippen molar-refractivity contribution >= 4 is 16.2 Å². The number of aromatic nitrogens is 2. The monoisotopic (exact) mass is 431 g/mol. The van der Waals surface area contributed by atoms with Gasteiger partial charge >= 0.3 is 6.18 Å². The third-order valence-corrected chi connectivity index (χ3v) is 5.67. The molecule has 1 amide bonds. The SMILES string of the molecule is Cc1ccc(C2CC(c3nc(CS(C)(=O)=O)no3)CN(C=O)C2)cc1C(F)(F)F. The molecule has 1 aromatic carbocycles. The van der Waals surface area contributed by atoms with Crippen molar-refractivity contribution in [2.24, 2.45) is 0 Å². The summed E-state index contributed by atoms with van der Waals surface area (Å²) in [5.74, 6) is -0.960. The summed E-state index contributed by atoms with van der Waals surface area (Å²) in [7, 11) is -3.34. The van der Waals surface area contributed by atoms with Gasteiger partial charge in [0.25, 0.3) is 0 Å². The maximum Gasteiger partial charge on any atom is 0.416 e. The number of alkyl halides is 3. The molecule has 11 heteroatoms. The lowest BCUT2D eigenvalue weighted by molar-refractivity contribution is -0.138. The fourth-order valence-corrected chi connectivity index (χ4v) is 4.15. The van der Waals surface area contributed by atoms with Crippen molar-refractivity contribution in [3.8, 4) is 0 Å². The van der Waals surface area contributed by atoms with Crippen LogP contribution in [0.3, 0.4) is 0 Å². The second kappa shape index (κ2) is 7.77. The number of piperidine rings is 1. The topological polar surface area (TPSA) is 93.4 Å². The Labute approximate surface area is 165 Å². The number of likely N-dealkylation sites (tertiary alicyclic amines) is 1. The van der Waals surface area contributed by atoms with E-state index in [9.17, 15) is 26.4 Å². The number of carbonyl (C=O) groups is 1. The maximum absolute atomic E-state index is 13.3. The minimum atomic E-state index is -4.47. The third-order valence-electron chi connectivity index (χ3n) is 4.89. The molecule has 2 unspecified atom stereocenters. The third kappa shape index (κ3) is 5.14. The van der Waals surface area contributed by atoms with Crippen molar-refractivity contribution in [2.45, 2.75) is 37.1 Å². The van der Waals surface area contributed by atoms with Crippen molar-refractivity contribution in [2.75, 3.05) is 19.3 Å². The molecule has 2 aromatic rings. The molecule has 29 heavy (non-hydrogen) atoms. The number of amides is 1. The first-order chi connectivity index (χ1) is 13.5. The van der Waals surface area contributed by atoms with Crippen molar-refractivity contribution in [3.05, 3.63) is 46.6 Å². The van der Waals surface area contributed by atoms with E-state index in [2.05, 4.69) is 10.1 Å². The van der Waals surface area contributed by atoms with E-state index in [1.165, 1.54) is 17.9 Å². The van der Waals surface area contributed by atoms with E-state index in [1.807, 2.05) is 0 Å². The highest BCUT2D eigenvalue weighted by Crippen LogP contribution is 2.38. The maximum atomic E-state index is 13.3. The zero-order valence-corrected chi connectivity index (χ0v) is 16.6. The second-order valence-electron chi connectivity index (χ2n) is 7.38. The van der Waals surface area contributed by atoms with Gasteiger partial charge in [-0.25, -0.2) is 8.42 Å². The van der Waals surface area contributed by atoms with Crippen LogP contribution in [0, 0.1) is 6.92 Å². The fraction of sp³-hybridized carbons (Fsp3) is 0.500. The van der Waals surface area contributed by atoms with Gasteiger partial charge in [0, 0.05) is 25.3 Å². The van der Waals surface area contributed by atoms with Crippen LogP contribution in [0.2, 0.25) is 0 Å². The molecule has 7 nitrogen and oxygen atoms in total. The standard InChI is InChI=1S/C18H20F3N3O4S/c1-11-3-4-12(6-15(11)18(19,20)21)13-5-14(8-24(7-13)10-25)17-22-16(23-28-17)9-29(2,26)27/h3-4,6,10,13-14H,5,7-9H2,1-2H3. The molecule has 0 saturated carbocycles. The Hall–Kier alpha value is -2.43. The zero-order valence-electron chi connectivity index (χ0n) is 15.8. The van der Waals surface area contributed by atoms with Crippen LogP contribution in [0.4, 0.5) is 13.2 Å². The molecule has 0 bridgehead atoms. The Bertz CT molecular complexity index is 1000. The molecule has 1 aromatic heterocycles. The van der Waals surface area contributed by atoms with Gasteiger partial charge in [-0.2, -0.15) is 18.2 Å². The van der Waals surface area contributed by atoms with Gasteiger partial charge < -0.3 is 9.42 Å². The first-order valence-electron chi connectivity index (χ1n) is 8.83. The van der Waals surface area contributed by atoms with E-state index in [0.717, 1.165) is 12.3 Å². The summed E-state index contributed by atoms with van der Waals surface area (Å²) < 4.78 is 67.8. The van der Waals surface area contributed by atoms with Crippen LogP contribution in [0.15, 0.2) is 22.7 Å². The minimum Gasteiger partial charge on any atom is -0.344 e. The molecule has 2 atom stereocenters. The van der Waals surface area contributed by atoms with E-state index in [4.69, 9.17) is 4.52 Å². The van der Waals surface area contributed by atoms with E-state index in [0.29, 0.717) is 18.4 Å². The van der Waals surface area contributed by atoms with Crippen LogP contribution in [0.5, 0.6) is 0 Å². The Morgan fingerprint density at radius 2 is 1.97 bits per heavy atom. The normalized spacial score (nSPS) is 20.7. The smallest absolute Gasteiger partial charge is 0.344 e. The Balaban J connectivity index is 1.88. The van der Waals surface area contributed by atoms with Crippen molar-refractivity contribution in [1.29, 1.82) is 0 Å². The highest BCUT2D eigenvalue weighted by Gasteiger charge is 2.36. The van der Waals surface area contributed by atoms with Gasteiger partial charge in [-0.3, -0.25) is 4.79 Å². The van der Waals surface area contributed by atoms with Crippen LogP contribution in [-0.4, -0.2) is 49.2 Å². The van der Waals surface area contributed by atoms with Crippen molar-refractivity contribution in [1.82, 2.24) is 15.0 Å². The van der Waals surface area contributed by atoms with Gasteiger partial charge in [-0.1, -0.05) is 17.3 Å². The fourth-order valence-electron chi connectivity index (χ4n) is 3.57. The summed E-state index contributed by atoms with van der Waals surface area (Å²) in [6.45, 7) is 1.93. The number of sulfone groups is 1. The number of halogens is 3. The summed E-state index contributed by atoms with van der Waals surface area (Å²) in [5, 5.41) is 3.66. The van der Waals surface area contributed by atoms with Crippen LogP contribution < -0.4 is 0 Å². The molecule has 0 spiro atoms. The summed E-state index contributed by atoms with van der Waals surface area (Å²) in [6.07, 6.45) is -2.40. The number of aryl methyl sites for hydroxylation is 1. The largest absolute Gasteiger partial charge is 0.416 e. The lowest BCUT2D eigenvalue weighted by Gasteiger charge is -2.34. The number of hydrogen-bond acceptors (Lipinski definition) is 6. The van der Waals surface area contributed by atoms with E-state index < -0.39 is 27.5 Å². The van der Waals surface area contributed by atoms with Gasteiger partial charge in [0.15, 0.2) is 15.7 Å². The molecular weight excluding hydrogens is 411 g/mol. The molecule has 0 N–H and O–H groups in total. The Morgan fingerprint density at radius 3 is 2.59 bits per heavy atom. The van der Waals surface area contributed by atoms with Crippen LogP contribution in [0.25, 0.3) is 0 Å². The molecular formula is C18H20F3N3O4S. The average Bonchev–Trinajstić information content (AvgIpc) is 3.07. The molecule has 158 valence electrons. The summed E-state index contributed by atoms with van der Waals surface area (Å²) in [6, 6.07) is 4.17. The lowest BCUT2D eigenvalue weighted by atomic mass is 9.83. The van der Waals surface area contributed by atoms with E-state index in [-0.39, 0.29) is 42.0 Å². The van der Waals surface area contributed by atoms with Gasteiger partial charge in [0.05, 0.1) is 11.5 Å². The molecule has 1 aliphatic rings. The molecule has 1 fully saturated rings. The number of benzene rings is 1. The number of hydrogen-bond donors (Lipinski definition) is 0. The summed E-state index contributed by atoms with van der Waals surface area (Å²) in [4.78, 5) is 16.9. The minimum absolute atomic E-state index is 0.0111. The van der Waals surface area contributed by atoms with Crippen LogP contribution in [0.1, 0.15) is 46.7 Å². The first-order valence-corrected chi connectivity index (χ1v) is 10.9. The predicted molar refractivity (Wildman–Crippen MR) is 96.8 cm³/mol. The zero-order chi connectivity index (χ0) is 21.4. The number of nitrogens with zero attached hydrogens (tertiary/aromatic N) is 3. The highest BCUT2D eigenvalue weighted by molar-refractivity contribution is 7.89. The van der Waals surface area contributed by atoms with Crippen molar-refractivity contribution < 1.29 is 30.9 Å². The Morgan fingerprint density at radius 1 is 1.28 bits per heavy atom. The van der Waals surface area contributed by atoms with Gasteiger partial charge in [0.1, 0.15) is 5.75 Å². The average molecular weight is 431 g/mol. The van der Waals surface area contributed by atoms with E-state index >= 15 is 0 Å². The quantitative estimate of drug-likeness (QED) is 0.676. The van der Waals surface area contributed by atoms with Gasteiger partial charge in [-0.05, 0) is 30.5 Å². The molecule has 3 rings (SSSR count). The van der Waals surface area contributed by atoms with Crippen LogP contribution in [-0.2, 0) is 26.6 Å². The van der Waals surface area contributed by atoms with Gasteiger partial charge in [-0.15, -0.1) is 0 Å². The Kier molecular flexibility index (Phi) is 5.70. The molecule has 0 radical (unpaired) electrons. The number of carbonyl (C=O) groups excluding carboxylic acids is 1. The molecule has 2 heterocycles. The summed E-state index contributed by atoms with van der Waals surface area (Å²) in [5.41, 5.74) is -0.110. The predicted octanol–water partition coefficient (Wildman–Crippen LogP) is 2.67. The van der Waals surface area contributed by atoms with Crippen molar-refractivity contribution in [3.63, 3.8) is 0 Å². The first kappa shape index (κ1) is 21.3. The van der Waals surface area contributed by atoms with Gasteiger partial charge in [0.2, 0.25) is 12.3 Å². The highest BCUT2D eigenvalue weighted by atomic mass is 32.2. The van der Waals surface area contributed by atoms with E-state index in [1.54, 1.807) is 6.07 Å². The molecule has 1 aliphatic heterocycles.